The van der Waals surface area contributed by atoms with Crippen molar-refractivity contribution in [3.05, 3.63) is 42.1 Å². The van der Waals surface area contributed by atoms with Gasteiger partial charge in [-0.25, -0.2) is 0 Å². The maximum atomic E-state index is 5.34. The van der Waals surface area contributed by atoms with E-state index in [4.69, 9.17) is 3.07 Å². The van der Waals surface area contributed by atoms with Crippen molar-refractivity contribution >= 4 is 27.2 Å². The third-order valence-electron chi connectivity index (χ3n) is 1.38. The summed E-state index contributed by atoms with van der Waals surface area (Å²) in [5.41, 5.74) is 1.12. The summed E-state index contributed by atoms with van der Waals surface area (Å²) >= 11 is -0.391. The molecule has 0 unspecified atom stereocenters. The van der Waals surface area contributed by atoms with E-state index < -0.39 is 21.4 Å². The quantitative estimate of drug-likeness (QED) is 0.710. The molecule has 1 aliphatic heterocycles. The summed E-state index contributed by atoms with van der Waals surface area (Å²) in [7, 11) is 0. The molecule has 2 rings (SSSR count). The lowest BCUT2D eigenvalue weighted by molar-refractivity contribution is 0.678. The molecule has 3 heteroatoms. The minimum absolute atomic E-state index is 0.391. The van der Waals surface area contributed by atoms with Gasteiger partial charge in [0, 0.05) is 5.56 Å². The first-order valence-corrected chi connectivity index (χ1v) is 5.08. The highest BCUT2D eigenvalue weighted by atomic mass is 127. The fraction of sp³-hybridized carbons (Fsp3) is 0. The zero-order valence-electron chi connectivity index (χ0n) is 5.70. The molecule has 1 aromatic carbocycles. The first kappa shape index (κ1) is 6.97. The monoisotopic (exact) mass is 259 g/mol. The van der Waals surface area contributed by atoms with E-state index in [0.717, 1.165) is 11.3 Å². The number of nitrogens with zero attached hydrogens (tertiary/aromatic N) is 1. The van der Waals surface area contributed by atoms with Gasteiger partial charge in [-0.3, -0.25) is 0 Å². The molecule has 1 aliphatic rings. The summed E-state index contributed by atoms with van der Waals surface area (Å²) in [5, 5.41) is 0. The van der Waals surface area contributed by atoms with E-state index in [1.165, 1.54) is 0 Å². The van der Waals surface area contributed by atoms with Crippen molar-refractivity contribution in [3.8, 4) is 0 Å². The molecular weight excluding hydrogens is 253 g/mol. The van der Waals surface area contributed by atoms with Crippen molar-refractivity contribution in [2.45, 2.75) is 0 Å². The molecule has 0 amide bonds. The third-order valence-corrected chi connectivity index (χ3v) is 2.56. The Balaban J connectivity index is 2.31. The Kier molecular flexibility index (Phi) is 1.98. The average molecular weight is 259 g/mol. The standard InChI is InChI=1S/C8H6INO/c1-2-4-7(5-3-1)8-6-10-9-11-8/h1-6H. The summed E-state index contributed by atoms with van der Waals surface area (Å²) in [6.07, 6.45) is 1.81. The molecule has 0 radical (unpaired) electrons. The lowest BCUT2D eigenvalue weighted by Crippen LogP contribution is -1.78. The van der Waals surface area contributed by atoms with E-state index in [1.54, 1.807) is 0 Å². The molecular formula is C8H6INO. The third kappa shape index (κ3) is 1.48. The van der Waals surface area contributed by atoms with Crippen molar-refractivity contribution in [1.82, 2.24) is 0 Å². The number of halogens is 1. The second-order valence-electron chi connectivity index (χ2n) is 2.10. The molecule has 0 aromatic heterocycles. The topological polar surface area (TPSA) is 21.6 Å². The SMILES string of the molecule is C1=C(c2ccccc2)OI=N1. The lowest BCUT2D eigenvalue weighted by Gasteiger charge is -1.97. The van der Waals surface area contributed by atoms with Gasteiger partial charge in [0.15, 0.2) is 5.76 Å². The molecule has 0 spiro atoms. The van der Waals surface area contributed by atoms with Crippen molar-refractivity contribution in [2.24, 2.45) is 3.15 Å². The summed E-state index contributed by atoms with van der Waals surface area (Å²) in [6.45, 7) is 0. The molecule has 11 heavy (non-hydrogen) atoms. The second kappa shape index (κ2) is 3.13. The molecule has 56 valence electrons. The van der Waals surface area contributed by atoms with Crippen molar-refractivity contribution < 1.29 is 3.07 Å². The van der Waals surface area contributed by atoms with E-state index in [2.05, 4.69) is 3.15 Å². The van der Waals surface area contributed by atoms with E-state index in [9.17, 15) is 0 Å². The molecule has 0 aliphatic carbocycles. The number of benzene rings is 1. The maximum Gasteiger partial charge on any atom is 0.238 e. The van der Waals surface area contributed by atoms with Gasteiger partial charge < -0.3 is 3.07 Å². The zero-order valence-corrected chi connectivity index (χ0v) is 7.86. The second-order valence-corrected chi connectivity index (χ2v) is 3.49. The average Bonchev–Trinajstić information content (AvgIpc) is 2.58. The van der Waals surface area contributed by atoms with Gasteiger partial charge in [-0.1, -0.05) is 30.3 Å². The lowest BCUT2D eigenvalue weighted by atomic mass is 10.2. The molecule has 0 saturated carbocycles. The van der Waals surface area contributed by atoms with E-state index in [0.29, 0.717) is 0 Å². The van der Waals surface area contributed by atoms with Crippen LogP contribution in [-0.4, -0.2) is 0 Å². The summed E-state index contributed by atoms with van der Waals surface area (Å²) in [5.74, 6) is 0.915. The van der Waals surface area contributed by atoms with E-state index >= 15 is 0 Å². The molecule has 0 bridgehead atoms. The summed E-state index contributed by atoms with van der Waals surface area (Å²) in [6, 6.07) is 10.0. The minimum Gasteiger partial charge on any atom is -0.417 e. The molecule has 0 atom stereocenters. The van der Waals surface area contributed by atoms with Crippen LogP contribution in [-0.2, 0) is 3.07 Å². The predicted octanol–water partition coefficient (Wildman–Crippen LogP) is 3.08. The van der Waals surface area contributed by atoms with Gasteiger partial charge in [0.1, 0.15) is 0 Å². The Bertz CT molecular complexity index is 305. The highest BCUT2D eigenvalue weighted by Crippen LogP contribution is 2.27. The minimum atomic E-state index is -0.391. The number of hydrogen-bond acceptors (Lipinski definition) is 2. The van der Waals surface area contributed by atoms with Crippen molar-refractivity contribution in [2.75, 3.05) is 0 Å². The Hall–Kier alpha value is -0.710. The summed E-state index contributed by atoms with van der Waals surface area (Å²) < 4.78 is 9.41. The van der Waals surface area contributed by atoms with Crippen molar-refractivity contribution in [1.29, 1.82) is 0 Å². The van der Waals surface area contributed by atoms with Gasteiger partial charge in [-0.05, 0) is 0 Å². The van der Waals surface area contributed by atoms with Crippen LogP contribution in [0.25, 0.3) is 5.76 Å². The maximum absolute atomic E-state index is 5.34. The molecule has 0 saturated heterocycles. The van der Waals surface area contributed by atoms with Crippen LogP contribution in [0, 0.1) is 0 Å². The molecule has 0 fully saturated rings. The first-order chi connectivity index (χ1) is 5.47. The molecule has 2 nitrogen and oxygen atoms in total. The van der Waals surface area contributed by atoms with Gasteiger partial charge in [0.25, 0.3) is 0 Å². The number of rotatable bonds is 1. The highest BCUT2D eigenvalue weighted by Gasteiger charge is 2.04. The van der Waals surface area contributed by atoms with Crippen LogP contribution in [0.4, 0.5) is 0 Å². The van der Waals surface area contributed by atoms with Crippen LogP contribution in [0.3, 0.4) is 0 Å². The fourth-order valence-electron chi connectivity index (χ4n) is 0.863. The Morgan fingerprint density at radius 2 is 2.00 bits per heavy atom. The van der Waals surface area contributed by atoms with Gasteiger partial charge in [0.05, 0.1) is 6.20 Å². The molecule has 1 aromatic rings. The fourth-order valence-corrected chi connectivity index (χ4v) is 1.92. The summed E-state index contributed by atoms with van der Waals surface area (Å²) in [4.78, 5) is 0. The van der Waals surface area contributed by atoms with Gasteiger partial charge in [-0.2, -0.15) is 3.15 Å². The first-order valence-electron chi connectivity index (χ1n) is 3.24. The highest BCUT2D eigenvalue weighted by molar-refractivity contribution is 14.1. The van der Waals surface area contributed by atoms with Crippen LogP contribution >= 0.6 is 21.4 Å². The smallest absolute Gasteiger partial charge is 0.238 e. The zero-order chi connectivity index (χ0) is 7.52. The Morgan fingerprint density at radius 1 is 1.18 bits per heavy atom. The molecule has 1 heterocycles. The van der Waals surface area contributed by atoms with Crippen LogP contribution in [0.1, 0.15) is 5.56 Å². The van der Waals surface area contributed by atoms with Crippen LogP contribution in [0.2, 0.25) is 0 Å². The van der Waals surface area contributed by atoms with E-state index in [1.807, 2.05) is 36.5 Å². The van der Waals surface area contributed by atoms with Crippen LogP contribution in [0.5, 0.6) is 0 Å². The van der Waals surface area contributed by atoms with E-state index in [-0.39, 0.29) is 0 Å². The van der Waals surface area contributed by atoms with Gasteiger partial charge >= 0.3 is 0 Å². The van der Waals surface area contributed by atoms with Crippen molar-refractivity contribution in [3.63, 3.8) is 0 Å². The normalized spacial score (nSPS) is 15.1. The largest absolute Gasteiger partial charge is 0.417 e. The molecule has 0 N–H and O–H groups in total. The van der Waals surface area contributed by atoms with Crippen LogP contribution in [0.15, 0.2) is 39.7 Å². The van der Waals surface area contributed by atoms with Gasteiger partial charge in [-0.15, -0.1) is 0 Å². The van der Waals surface area contributed by atoms with Gasteiger partial charge in [0.2, 0.25) is 21.4 Å². The predicted molar refractivity (Wildman–Crippen MR) is 52.0 cm³/mol. The number of hydrogen-bond donors (Lipinski definition) is 0. The Morgan fingerprint density at radius 3 is 2.64 bits per heavy atom. The Labute approximate surface area is 75.6 Å². The van der Waals surface area contributed by atoms with Crippen LogP contribution < -0.4 is 0 Å².